The highest BCUT2D eigenvalue weighted by Gasteiger charge is 2.00. The number of rotatable bonds is 5. The summed E-state index contributed by atoms with van der Waals surface area (Å²) in [7, 11) is 0. The van der Waals surface area contributed by atoms with Crippen molar-refractivity contribution in [3.05, 3.63) is 36.5 Å². The van der Waals surface area contributed by atoms with Crippen LogP contribution in [0.4, 0.5) is 0 Å². The number of nitrogens with zero attached hydrogens (tertiary/aromatic N) is 1. The van der Waals surface area contributed by atoms with Gasteiger partial charge in [0, 0.05) is 5.71 Å². The molecule has 0 bridgehead atoms. The zero-order chi connectivity index (χ0) is 11.0. The molecule has 0 aliphatic heterocycles. The van der Waals surface area contributed by atoms with Crippen LogP contribution in [-0.4, -0.2) is 11.8 Å². The summed E-state index contributed by atoms with van der Waals surface area (Å²) >= 11 is 0. The molecule has 1 unspecified atom stereocenters. The second-order valence-electron chi connectivity index (χ2n) is 3.43. The lowest BCUT2D eigenvalue weighted by molar-refractivity contribution is 0.855. The fourth-order valence-corrected chi connectivity index (χ4v) is 0.949. The first kappa shape index (κ1) is 12.9. The van der Waals surface area contributed by atoms with Gasteiger partial charge >= 0.3 is 0 Å². The molecule has 0 amide bonds. The topological polar surface area (TPSA) is 12.4 Å². The Bertz CT molecular complexity index is 256. The Morgan fingerprint density at radius 1 is 1.36 bits per heavy atom. The molecule has 0 aromatic carbocycles. The molecule has 14 heavy (non-hydrogen) atoms. The lowest BCUT2D eigenvalue weighted by atomic mass is 10.1. The fraction of sp³-hybridized carbons (Fsp3) is 0.462. The molecule has 0 aromatic heterocycles. The first-order valence-corrected chi connectivity index (χ1v) is 5.11. The SMILES string of the molecule is C=C/C=C\C=C(\C)C(C)N=C(C)CC. The lowest BCUT2D eigenvalue weighted by Crippen LogP contribution is -2.03. The molecule has 0 aliphatic rings. The minimum absolute atomic E-state index is 0.282. The molecule has 78 valence electrons. The molecule has 0 fully saturated rings. The third-order valence-electron chi connectivity index (χ3n) is 2.19. The Kier molecular flexibility index (Phi) is 6.73. The molecule has 0 N–H and O–H groups in total. The zero-order valence-electron chi connectivity index (χ0n) is 9.75. The minimum Gasteiger partial charge on any atom is -0.287 e. The van der Waals surface area contributed by atoms with Crippen LogP contribution < -0.4 is 0 Å². The van der Waals surface area contributed by atoms with Gasteiger partial charge in [-0.25, -0.2) is 0 Å². The predicted octanol–water partition coefficient (Wildman–Crippen LogP) is 3.93. The molecule has 1 heteroatoms. The van der Waals surface area contributed by atoms with Crippen molar-refractivity contribution >= 4 is 5.71 Å². The van der Waals surface area contributed by atoms with Crippen molar-refractivity contribution in [2.24, 2.45) is 4.99 Å². The van der Waals surface area contributed by atoms with Crippen molar-refractivity contribution in [3.63, 3.8) is 0 Å². The lowest BCUT2D eigenvalue weighted by Gasteiger charge is -2.07. The summed E-state index contributed by atoms with van der Waals surface area (Å²) in [5.74, 6) is 0. The average molecular weight is 191 g/mol. The van der Waals surface area contributed by atoms with Gasteiger partial charge in [-0.3, -0.25) is 4.99 Å². The highest BCUT2D eigenvalue weighted by atomic mass is 14.8. The first-order chi connectivity index (χ1) is 6.61. The van der Waals surface area contributed by atoms with Crippen molar-refractivity contribution in [1.29, 1.82) is 0 Å². The number of allylic oxidation sites excluding steroid dienone is 4. The van der Waals surface area contributed by atoms with Crippen LogP contribution in [0.25, 0.3) is 0 Å². The molecule has 0 spiro atoms. The fourth-order valence-electron chi connectivity index (χ4n) is 0.949. The summed E-state index contributed by atoms with van der Waals surface area (Å²) in [6, 6.07) is 0.282. The molecule has 0 radical (unpaired) electrons. The largest absolute Gasteiger partial charge is 0.287 e. The second-order valence-corrected chi connectivity index (χ2v) is 3.43. The monoisotopic (exact) mass is 191 g/mol. The van der Waals surface area contributed by atoms with E-state index in [4.69, 9.17) is 0 Å². The molecular formula is C13H21N. The van der Waals surface area contributed by atoms with Crippen molar-refractivity contribution in [1.82, 2.24) is 0 Å². The first-order valence-electron chi connectivity index (χ1n) is 5.11. The zero-order valence-corrected chi connectivity index (χ0v) is 9.75. The maximum atomic E-state index is 4.56. The van der Waals surface area contributed by atoms with Crippen LogP contribution in [0.5, 0.6) is 0 Å². The maximum Gasteiger partial charge on any atom is 0.0680 e. The van der Waals surface area contributed by atoms with Gasteiger partial charge in [-0.05, 0) is 32.8 Å². The number of hydrogen-bond donors (Lipinski definition) is 0. The summed E-state index contributed by atoms with van der Waals surface area (Å²) in [5, 5.41) is 0. The van der Waals surface area contributed by atoms with Crippen molar-refractivity contribution < 1.29 is 0 Å². The van der Waals surface area contributed by atoms with E-state index in [0.717, 1.165) is 6.42 Å². The summed E-state index contributed by atoms with van der Waals surface area (Å²) in [5.41, 5.74) is 2.48. The molecule has 0 aliphatic carbocycles. The van der Waals surface area contributed by atoms with Gasteiger partial charge in [0.25, 0.3) is 0 Å². The Morgan fingerprint density at radius 3 is 2.50 bits per heavy atom. The third kappa shape index (κ3) is 5.52. The van der Waals surface area contributed by atoms with E-state index < -0.39 is 0 Å². The number of aliphatic imine (C=N–C) groups is 1. The summed E-state index contributed by atoms with van der Waals surface area (Å²) in [6.07, 6.45) is 8.80. The van der Waals surface area contributed by atoms with Crippen LogP contribution in [0.3, 0.4) is 0 Å². The van der Waals surface area contributed by atoms with Crippen molar-refractivity contribution in [2.45, 2.75) is 40.2 Å². The van der Waals surface area contributed by atoms with Crippen molar-refractivity contribution in [3.8, 4) is 0 Å². The van der Waals surface area contributed by atoms with Gasteiger partial charge in [0.2, 0.25) is 0 Å². The van der Waals surface area contributed by atoms with Gasteiger partial charge in [0.1, 0.15) is 0 Å². The summed E-state index contributed by atoms with van der Waals surface area (Å²) in [6.45, 7) is 12.0. The molecular weight excluding hydrogens is 170 g/mol. The third-order valence-corrected chi connectivity index (χ3v) is 2.19. The minimum atomic E-state index is 0.282. The van der Waals surface area contributed by atoms with E-state index in [9.17, 15) is 0 Å². The second kappa shape index (κ2) is 7.31. The highest BCUT2D eigenvalue weighted by molar-refractivity contribution is 5.81. The van der Waals surface area contributed by atoms with E-state index in [-0.39, 0.29) is 6.04 Å². The molecule has 0 rings (SSSR count). The molecule has 0 heterocycles. The van der Waals surface area contributed by atoms with Gasteiger partial charge in [-0.2, -0.15) is 0 Å². The Labute approximate surface area is 87.9 Å². The average Bonchev–Trinajstić information content (AvgIpc) is 2.17. The van der Waals surface area contributed by atoms with Crippen molar-refractivity contribution in [2.75, 3.05) is 0 Å². The van der Waals surface area contributed by atoms with Crippen LogP contribution in [0, 0.1) is 0 Å². The standard InChI is InChI=1S/C13H21N/c1-6-8-9-10-11(3)13(5)14-12(4)7-2/h6,8-10,13H,1,7H2,2-5H3/b9-8-,11-10-,14-12?. The Morgan fingerprint density at radius 2 is 2.00 bits per heavy atom. The molecule has 1 atom stereocenters. The molecule has 1 nitrogen and oxygen atoms in total. The highest BCUT2D eigenvalue weighted by Crippen LogP contribution is 2.06. The van der Waals surface area contributed by atoms with Crippen LogP contribution in [0.15, 0.2) is 41.4 Å². The summed E-state index contributed by atoms with van der Waals surface area (Å²) < 4.78 is 0. The van der Waals surface area contributed by atoms with E-state index in [1.165, 1.54) is 11.3 Å². The van der Waals surface area contributed by atoms with Gasteiger partial charge in [0.15, 0.2) is 0 Å². The van der Waals surface area contributed by atoms with E-state index in [2.05, 4.69) is 45.3 Å². The normalized spacial score (nSPS) is 16.0. The number of hydrogen-bond acceptors (Lipinski definition) is 1. The predicted molar refractivity (Wildman–Crippen MR) is 66.0 cm³/mol. The van der Waals surface area contributed by atoms with E-state index in [0.29, 0.717) is 0 Å². The van der Waals surface area contributed by atoms with Gasteiger partial charge < -0.3 is 0 Å². The van der Waals surface area contributed by atoms with E-state index in [1.807, 2.05) is 12.2 Å². The Balaban J connectivity index is 4.38. The van der Waals surface area contributed by atoms with E-state index >= 15 is 0 Å². The quantitative estimate of drug-likeness (QED) is 0.461. The Hall–Kier alpha value is -1.11. The smallest absolute Gasteiger partial charge is 0.0680 e. The van der Waals surface area contributed by atoms with Crippen LogP contribution in [0.2, 0.25) is 0 Å². The van der Waals surface area contributed by atoms with E-state index in [1.54, 1.807) is 6.08 Å². The van der Waals surface area contributed by atoms with Crippen LogP contribution >= 0.6 is 0 Å². The van der Waals surface area contributed by atoms with Gasteiger partial charge in [-0.15, -0.1) is 0 Å². The van der Waals surface area contributed by atoms with Crippen LogP contribution in [-0.2, 0) is 0 Å². The molecule has 0 saturated carbocycles. The van der Waals surface area contributed by atoms with Gasteiger partial charge in [-0.1, -0.05) is 37.8 Å². The van der Waals surface area contributed by atoms with Gasteiger partial charge in [0.05, 0.1) is 6.04 Å². The maximum absolute atomic E-state index is 4.56. The molecule has 0 aromatic rings. The summed E-state index contributed by atoms with van der Waals surface area (Å²) in [4.78, 5) is 4.56. The molecule has 0 saturated heterocycles. The van der Waals surface area contributed by atoms with Crippen LogP contribution in [0.1, 0.15) is 34.1 Å².